The van der Waals surface area contributed by atoms with Crippen LogP contribution in [0.2, 0.25) is 0 Å². The molecule has 0 aromatic heterocycles. The molecule has 0 bridgehead atoms. The van der Waals surface area contributed by atoms with E-state index in [0.29, 0.717) is 11.3 Å². The van der Waals surface area contributed by atoms with Gasteiger partial charge in [-0.25, -0.2) is 4.79 Å². The quantitative estimate of drug-likeness (QED) is 0.838. The van der Waals surface area contributed by atoms with Crippen molar-refractivity contribution in [1.29, 1.82) is 0 Å². The number of hydrogen-bond donors (Lipinski definition) is 1. The number of benzene rings is 2. The summed E-state index contributed by atoms with van der Waals surface area (Å²) in [6.07, 6.45) is 3.26. The molecule has 0 spiro atoms. The highest BCUT2D eigenvalue weighted by atomic mass is 16.5. The fourth-order valence-corrected chi connectivity index (χ4v) is 3.59. The first-order valence-electron chi connectivity index (χ1n) is 8.85. The number of anilines is 1. The Morgan fingerprint density at radius 2 is 1.88 bits per heavy atom. The van der Waals surface area contributed by atoms with E-state index in [1.54, 1.807) is 24.3 Å². The molecule has 1 atom stereocenters. The summed E-state index contributed by atoms with van der Waals surface area (Å²) < 4.78 is 4.77. The minimum Gasteiger partial charge on any atom is -0.465 e. The number of fused-ring (bicyclic) bond motifs is 1. The molecule has 26 heavy (non-hydrogen) atoms. The van der Waals surface area contributed by atoms with E-state index < -0.39 is 5.97 Å². The molecule has 1 aliphatic carbocycles. The molecule has 2 aromatic carbocycles. The molecule has 0 radical (unpaired) electrons. The van der Waals surface area contributed by atoms with Crippen LogP contribution in [0.25, 0.3) is 0 Å². The number of para-hydroxylation sites is 1. The fraction of sp³-hybridized carbons (Fsp3) is 0.333. The van der Waals surface area contributed by atoms with E-state index in [1.807, 2.05) is 7.05 Å². The largest absolute Gasteiger partial charge is 0.465 e. The Labute approximate surface area is 154 Å². The number of aryl methyl sites for hydroxylation is 1. The molecule has 1 amide bonds. The lowest BCUT2D eigenvalue weighted by atomic mass is 9.87. The van der Waals surface area contributed by atoms with Gasteiger partial charge in [0.25, 0.3) is 0 Å². The van der Waals surface area contributed by atoms with Gasteiger partial charge in [-0.1, -0.05) is 36.4 Å². The lowest BCUT2D eigenvalue weighted by Gasteiger charge is -2.32. The number of ether oxygens (including phenoxy) is 1. The van der Waals surface area contributed by atoms with Crippen LogP contribution in [0.3, 0.4) is 0 Å². The minimum absolute atomic E-state index is 0.146. The number of hydrogen-bond acceptors (Lipinski definition) is 4. The molecule has 1 aliphatic rings. The third-order valence-electron chi connectivity index (χ3n) is 4.87. The molecule has 136 valence electrons. The molecule has 5 heteroatoms. The molecule has 0 unspecified atom stereocenters. The van der Waals surface area contributed by atoms with Gasteiger partial charge in [0.15, 0.2) is 0 Å². The summed E-state index contributed by atoms with van der Waals surface area (Å²) >= 11 is 0. The van der Waals surface area contributed by atoms with Crippen LogP contribution in [-0.2, 0) is 16.0 Å². The van der Waals surface area contributed by atoms with Gasteiger partial charge in [-0.05, 0) is 49.6 Å². The first-order chi connectivity index (χ1) is 12.6. The SMILES string of the molecule is COC(=O)c1ccccc1NC(=O)CN(C)[C@@H]1CCCc2ccccc21. The summed E-state index contributed by atoms with van der Waals surface area (Å²) in [5.41, 5.74) is 3.51. The van der Waals surface area contributed by atoms with Crippen LogP contribution in [0.1, 0.15) is 40.4 Å². The Hall–Kier alpha value is -2.66. The summed E-state index contributed by atoms with van der Waals surface area (Å²) in [6, 6.07) is 15.6. The second-order valence-corrected chi connectivity index (χ2v) is 6.61. The second kappa shape index (κ2) is 8.15. The number of methoxy groups -OCH3 is 1. The van der Waals surface area contributed by atoms with Crippen molar-refractivity contribution < 1.29 is 14.3 Å². The van der Waals surface area contributed by atoms with Crippen molar-refractivity contribution in [2.24, 2.45) is 0 Å². The third-order valence-corrected chi connectivity index (χ3v) is 4.87. The van der Waals surface area contributed by atoms with Crippen LogP contribution in [0, 0.1) is 0 Å². The molecular formula is C21H24N2O3. The lowest BCUT2D eigenvalue weighted by molar-refractivity contribution is -0.117. The van der Waals surface area contributed by atoms with E-state index in [2.05, 4.69) is 34.5 Å². The fourth-order valence-electron chi connectivity index (χ4n) is 3.59. The highest BCUT2D eigenvalue weighted by molar-refractivity contribution is 6.01. The predicted octanol–water partition coefficient (Wildman–Crippen LogP) is 3.42. The van der Waals surface area contributed by atoms with Gasteiger partial charge in [0.1, 0.15) is 0 Å². The average Bonchev–Trinajstić information content (AvgIpc) is 2.67. The van der Waals surface area contributed by atoms with Crippen molar-refractivity contribution in [1.82, 2.24) is 4.90 Å². The van der Waals surface area contributed by atoms with Gasteiger partial charge in [0.2, 0.25) is 5.91 Å². The molecule has 5 nitrogen and oxygen atoms in total. The summed E-state index contributed by atoms with van der Waals surface area (Å²) in [7, 11) is 3.30. The third kappa shape index (κ3) is 3.94. The molecule has 0 fully saturated rings. The monoisotopic (exact) mass is 352 g/mol. The van der Waals surface area contributed by atoms with Crippen LogP contribution in [0.5, 0.6) is 0 Å². The molecular weight excluding hydrogens is 328 g/mol. The molecule has 0 heterocycles. The van der Waals surface area contributed by atoms with E-state index >= 15 is 0 Å². The van der Waals surface area contributed by atoms with E-state index in [9.17, 15) is 9.59 Å². The number of carbonyl (C=O) groups excluding carboxylic acids is 2. The van der Waals surface area contributed by atoms with Crippen molar-refractivity contribution in [2.75, 3.05) is 26.0 Å². The standard InChI is InChI=1S/C21H24N2O3/c1-23(19-13-7-9-15-8-3-4-10-16(15)19)14-20(24)22-18-12-6-5-11-17(18)21(25)26-2/h3-6,8,10-12,19H,7,9,13-14H2,1-2H3,(H,22,24)/t19-/m1/s1. The van der Waals surface area contributed by atoms with Crippen molar-refractivity contribution in [3.63, 3.8) is 0 Å². The Bertz CT molecular complexity index is 803. The Kier molecular flexibility index (Phi) is 5.68. The normalized spacial score (nSPS) is 16.0. The molecule has 0 aliphatic heterocycles. The zero-order valence-corrected chi connectivity index (χ0v) is 15.2. The summed E-state index contributed by atoms with van der Waals surface area (Å²) in [6.45, 7) is 0.258. The van der Waals surface area contributed by atoms with E-state index in [4.69, 9.17) is 4.74 Å². The average molecular weight is 352 g/mol. The van der Waals surface area contributed by atoms with Crippen molar-refractivity contribution in [3.8, 4) is 0 Å². The molecule has 1 N–H and O–H groups in total. The van der Waals surface area contributed by atoms with Gasteiger partial charge in [-0.2, -0.15) is 0 Å². The van der Waals surface area contributed by atoms with Crippen LogP contribution in [0.15, 0.2) is 48.5 Å². The predicted molar refractivity (Wildman–Crippen MR) is 101 cm³/mol. The maximum absolute atomic E-state index is 12.5. The van der Waals surface area contributed by atoms with Crippen LogP contribution in [0.4, 0.5) is 5.69 Å². The number of nitrogens with one attached hydrogen (secondary N) is 1. The smallest absolute Gasteiger partial charge is 0.339 e. The van der Waals surface area contributed by atoms with Crippen LogP contribution < -0.4 is 5.32 Å². The van der Waals surface area contributed by atoms with Crippen LogP contribution in [-0.4, -0.2) is 37.5 Å². The molecule has 0 saturated carbocycles. The Morgan fingerprint density at radius 1 is 1.15 bits per heavy atom. The van der Waals surface area contributed by atoms with Gasteiger partial charge in [-0.15, -0.1) is 0 Å². The van der Waals surface area contributed by atoms with Crippen molar-refractivity contribution >= 4 is 17.6 Å². The maximum Gasteiger partial charge on any atom is 0.339 e. The van der Waals surface area contributed by atoms with E-state index in [0.717, 1.165) is 19.3 Å². The number of nitrogens with zero attached hydrogens (tertiary/aromatic N) is 1. The topological polar surface area (TPSA) is 58.6 Å². The van der Waals surface area contributed by atoms with Crippen molar-refractivity contribution in [3.05, 3.63) is 65.2 Å². The van der Waals surface area contributed by atoms with Gasteiger partial charge in [0.05, 0.1) is 24.9 Å². The van der Waals surface area contributed by atoms with Gasteiger partial charge in [0, 0.05) is 6.04 Å². The first kappa shape index (κ1) is 18.1. The van der Waals surface area contributed by atoms with E-state index in [-0.39, 0.29) is 18.5 Å². The minimum atomic E-state index is -0.463. The summed E-state index contributed by atoms with van der Waals surface area (Å²) in [5.74, 6) is -0.609. The zero-order valence-electron chi connectivity index (χ0n) is 15.2. The lowest BCUT2D eigenvalue weighted by Crippen LogP contribution is -2.35. The zero-order chi connectivity index (χ0) is 18.5. The van der Waals surface area contributed by atoms with Gasteiger partial charge < -0.3 is 10.1 Å². The summed E-state index contributed by atoms with van der Waals surface area (Å²) in [4.78, 5) is 26.5. The van der Waals surface area contributed by atoms with E-state index in [1.165, 1.54) is 18.2 Å². The van der Waals surface area contributed by atoms with Crippen molar-refractivity contribution in [2.45, 2.75) is 25.3 Å². The number of rotatable bonds is 5. The number of likely N-dealkylation sites (N-methyl/N-ethyl adjacent to an activating group) is 1. The number of esters is 1. The Morgan fingerprint density at radius 3 is 2.69 bits per heavy atom. The van der Waals surface area contributed by atoms with Crippen LogP contribution >= 0.6 is 0 Å². The highest BCUT2D eigenvalue weighted by Gasteiger charge is 2.25. The van der Waals surface area contributed by atoms with Gasteiger partial charge in [-0.3, -0.25) is 9.69 Å². The summed E-state index contributed by atoms with van der Waals surface area (Å²) in [5, 5.41) is 2.84. The molecule has 0 saturated heterocycles. The first-order valence-corrected chi connectivity index (χ1v) is 8.85. The maximum atomic E-state index is 12.5. The van der Waals surface area contributed by atoms with Gasteiger partial charge >= 0.3 is 5.97 Å². The highest BCUT2D eigenvalue weighted by Crippen LogP contribution is 2.33. The Balaban J connectivity index is 1.69. The molecule has 2 aromatic rings. The second-order valence-electron chi connectivity index (χ2n) is 6.61. The molecule has 3 rings (SSSR count). The number of carbonyl (C=O) groups is 2. The number of amides is 1.